The maximum absolute atomic E-state index is 11.1. The molecular weight excluding hydrogens is 276 g/mol. The Morgan fingerprint density at radius 3 is 2.40 bits per heavy atom. The van der Waals surface area contributed by atoms with E-state index < -0.39 is 10.1 Å². The van der Waals surface area contributed by atoms with Gasteiger partial charge in [-0.3, -0.25) is 4.55 Å². The highest BCUT2D eigenvalue weighted by Crippen LogP contribution is 2.22. The van der Waals surface area contributed by atoms with Gasteiger partial charge in [0.25, 0.3) is 10.1 Å². The first-order valence-electron chi connectivity index (χ1n) is 7.16. The Bertz CT molecular complexity index is 509. The molecular formula is C15H24O4S. The highest BCUT2D eigenvalue weighted by Gasteiger charge is 2.11. The Kier molecular flexibility index (Phi) is 7.02. The van der Waals surface area contributed by atoms with Gasteiger partial charge in [0.05, 0.1) is 11.5 Å². The van der Waals surface area contributed by atoms with Crippen LogP contribution in [0.3, 0.4) is 0 Å². The van der Waals surface area contributed by atoms with E-state index in [9.17, 15) is 8.42 Å². The third-order valence-corrected chi connectivity index (χ3v) is 4.06. The van der Waals surface area contributed by atoms with E-state index >= 15 is 0 Å². The van der Waals surface area contributed by atoms with Crippen LogP contribution in [0.1, 0.15) is 51.0 Å². The fraction of sp³-hybridized carbons (Fsp3) is 0.600. The summed E-state index contributed by atoms with van der Waals surface area (Å²) >= 11 is 0. The van der Waals surface area contributed by atoms with E-state index in [1.807, 2.05) is 6.92 Å². The van der Waals surface area contributed by atoms with Gasteiger partial charge in [0.15, 0.2) is 0 Å². The van der Waals surface area contributed by atoms with Crippen LogP contribution in [0.2, 0.25) is 0 Å². The number of hydrogen-bond acceptors (Lipinski definition) is 3. The highest BCUT2D eigenvalue weighted by molar-refractivity contribution is 7.85. The van der Waals surface area contributed by atoms with Gasteiger partial charge in [-0.2, -0.15) is 8.42 Å². The molecule has 0 heterocycles. The van der Waals surface area contributed by atoms with Gasteiger partial charge >= 0.3 is 0 Å². The van der Waals surface area contributed by atoms with Crippen molar-refractivity contribution in [3.63, 3.8) is 0 Å². The maximum Gasteiger partial charge on any atom is 0.294 e. The minimum atomic E-state index is -4.17. The Morgan fingerprint density at radius 2 is 1.75 bits per heavy atom. The van der Waals surface area contributed by atoms with Gasteiger partial charge in [0.2, 0.25) is 0 Å². The molecule has 1 rings (SSSR count). The van der Waals surface area contributed by atoms with E-state index in [-0.39, 0.29) is 4.90 Å². The molecule has 114 valence electrons. The molecule has 0 amide bonds. The van der Waals surface area contributed by atoms with Crippen LogP contribution in [-0.4, -0.2) is 19.6 Å². The molecule has 0 saturated heterocycles. The highest BCUT2D eigenvalue weighted by atomic mass is 32.2. The molecule has 0 atom stereocenters. The SMILES string of the molecule is CCCCCCCCOc1cc(S(=O)(=O)O)ccc1C. The van der Waals surface area contributed by atoms with Crippen molar-refractivity contribution >= 4 is 10.1 Å². The molecule has 0 spiro atoms. The van der Waals surface area contributed by atoms with Crippen LogP contribution in [-0.2, 0) is 10.1 Å². The molecule has 20 heavy (non-hydrogen) atoms. The van der Waals surface area contributed by atoms with Crippen LogP contribution in [0.25, 0.3) is 0 Å². The fourth-order valence-corrected chi connectivity index (χ4v) is 2.46. The van der Waals surface area contributed by atoms with E-state index in [0.29, 0.717) is 12.4 Å². The van der Waals surface area contributed by atoms with Crippen molar-refractivity contribution in [2.45, 2.75) is 57.3 Å². The minimum Gasteiger partial charge on any atom is -0.493 e. The number of ether oxygens (including phenoxy) is 1. The van der Waals surface area contributed by atoms with Crippen LogP contribution >= 0.6 is 0 Å². The molecule has 0 radical (unpaired) electrons. The zero-order valence-electron chi connectivity index (χ0n) is 12.3. The third kappa shape index (κ3) is 5.92. The molecule has 1 aromatic carbocycles. The molecule has 0 unspecified atom stereocenters. The van der Waals surface area contributed by atoms with Crippen LogP contribution in [0.4, 0.5) is 0 Å². The molecule has 0 aromatic heterocycles. The minimum absolute atomic E-state index is 0.124. The first-order chi connectivity index (χ1) is 9.45. The lowest BCUT2D eigenvalue weighted by atomic mass is 10.1. The van der Waals surface area contributed by atoms with Crippen molar-refractivity contribution in [3.05, 3.63) is 23.8 Å². The molecule has 0 aliphatic heterocycles. The van der Waals surface area contributed by atoms with Gasteiger partial charge in [-0.05, 0) is 25.0 Å². The van der Waals surface area contributed by atoms with Crippen molar-refractivity contribution in [3.8, 4) is 5.75 Å². The predicted octanol–water partition coefficient (Wildman–Crippen LogP) is 3.98. The Morgan fingerprint density at radius 1 is 1.10 bits per heavy atom. The number of unbranched alkanes of at least 4 members (excludes halogenated alkanes) is 5. The van der Waals surface area contributed by atoms with Crippen molar-refractivity contribution in [2.24, 2.45) is 0 Å². The zero-order valence-corrected chi connectivity index (χ0v) is 13.1. The molecule has 0 saturated carbocycles. The van der Waals surface area contributed by atoms with Crippen LogP contribution < -0.4 is 4.74 Å². The molecule has 0 fully saturated rings. The fourth-order valence-electron chi connectivity index (χ4n) is 1.96. The summed E-state index contributed by atoms with van der Waals surface area (Å²) in [6.07, 6.45) is 7.06. The first-order valence-corrected chi connectivity index (χ1v) is 8.60. The van der Waals surface area contributed by atoms with Gasteiger partial charge in [-0.15, -0.1) is 0 Å². The molecule has 4 nitrogen and oxygen atoms in total. The normalized spacial score (nSPS) is 11.6. The average Bonchev–Trinajstić information content (AvgIpc) is 2.38. The zero-order chi connectivity index (χ0) is 15.0. The Labute approximate surface area is 121 Å². The van der Waals surface area contributed by atoms with Crippen molar-refractivity contribution in [2.75, 3.05) is 6.61 Å². The number of aryl methyl sites for hydroxylation is 1. The molecule has 1 N–H and O–H groups in total. The van der Waals surface area contributed by atoms with Gasteiger partial charge in [-0.1, -0.05) is 45.1 Å². The lowest BCUT2D eigenvalue weighted by Crippen LogP contribution is -2.02. The van der Waals surface area contributed by atoms with Gasteiger partial charge in [-0.25, -0.2) is 0 Å². The second kappa shape index (κ2) is 8.27. The Hall–Kier alpha value is -1.07. The second-order valence-electron chi connectivity index (χ2n) is 5.02. The summed E-state index contributed by atoms with van der Waals surface area (Å²) in [6.45, 7) is 4.61. The molecule has 0 aliphatic rings. The first kappa shape index (κ1) is 17.0. The van der Waals surface area contributed by atoms with Crippen molar-refractivity contribution in [1.29, 1.82) is 0 Å². The lowest BCUT2D eigenvalue weighted by Gasteiger charge is -2.10. The van der Waals surface area contributed by atoms with E-state index in [4.69, 9.17) is 9.29 Å². The number of benzene rings is 1. The second-order valence-corrected chi connectivity index (χ2v) is 6.44. The lowest BCUT2D eigenvalue weighted by molar-refractivity contribution is 0.301. The van der Waals surface area contributed by atoms with Gasteiger partial charge in [0.1, 0.15) is 5.75 Å². The predicted molar refractivity (Wildman–Crippen MR) is 79.9 cm³/mol. The molecule has 5 heteroatoms. The van der Waals surface area contributed by atoms with Gasteiger partial charge in [0, 0.05) is 6.07 Å². The van der Waals surface area contributed by atoms with E-state index in [1.165, 1.54) is 37.8 Å². The summed E-state index contributed by atoms with van der Waals surface area (Å²) in [6, 6.07) is 4.39. The molecule has 0 aliphatic carbocycles. The van der Waals surface area contributed by atoms with E-state index in [2.05, 4.69) is 6.92 Å². The smallest absolute Gasteiger partial charge is 0.294 e. The van der Waals surface area contributed by atoms with Crippen LogP contribution in [0, 0.1) is 6.92 Å². The summed E-state index contributed by atoms with van der Waals surface area (Å²) in [4.78, 5) is -0.124. The van der Waals surface area contributed by atoms with Crippen LogP contribution in [0.15, 0.2) is 23.1 Å². The largest absolute Gasteiger partial charge is 0.493 e. The topological polar surface area (TPSA) is 63.6 Å². The van der Waals surface area contributed by atoms with E-state index in [0.717, 1.165) is 18.4 Å². The van der Waals surface area contributed by atoms with E-state index in [1.54, 1.807) is 6.07 Å². The summed E-state index contributed by atoms with van der Waals surface area (Å²) < 4.78 is 36.8. The standard InChI is InChI=1S/C15H24O4S/c1-3-4-5-6-7-8-11-19-15-12-14(20(16,17)18)10-9-13(15)2/h9-10,12H,3-8,11H2,1-2H3,(H,16,17,18). The maximum atomic E-state index is 11.1. The summed E-state index contributed by atoms with van der Waals surface area (Å²) in [5.74, 6) is 0.522. The van der Waals surface area contributed by atoms with Gasteiger partial charge < -0.3 is 4.74 Å². The Balaban J connectivity index is 2.44. The van der Waals surface area contributed by atoms with Crippen molar-refractivity contribution in [1.82, 2.24) is 0 Å². The third-order valence-electron chi connectivity index (χ3n) is 3.21. The molecule has 1 aromatic rings. The summed E-state index contributed by atoms with van der Waals surface area (Å²) in [7, 11) is -4.17. The average molecular weight is 300 g/mol. The monoisotopic (exact) mass is 300 g/mol. The van der Waals surface area contributed by atoms with Crippen LogP contribution in [0.5, 0.6) is 5.75 Å². The summed E-state index contributed by atoms with van der Waals surface area (Å²) in [5.41, 5.74) is 0.864. The molecule has 0 bridgehead atoms. The quantitative estimate of drug-likeness (QED) is 0.553. The summed E-state index contributed by atoms with van der Waals surface area (Å²) in [5, 5.41) is 0. The number of rotatable bonds is 9. The number of hydrogen-bond donors (Lipinski definition) is 1. The van der Waals surface area contributed by atoms with Crippen molar-refractivity contribution < 1.29 is 17.7 Å².